The van der Waals surface area contributed by atoms with Crippen LogP contribution in [0.15, 0.2) is 91.0 Å². The van der Waals surface area contributed by atoms with Gasteiger partial charge in [0.15, 0.2) is 0 Å². The molecule has 0 spiro atoms. The number of fused-ring (bicyclic) bond motifs is 2. The van der Waals surface area contributed by atoms with Gasteiger partial charge < -0.3 is 20.8 Å². The quantitative estimate of drug-likeness (QED) is 0.126. The Morgan fingerprint density at radius 2 is 1.19 bits per heavy atom. The lowest BCUT2D eigenvalue weighted by molar-refractivity contribution is -0.126. The summed E-state index contributed by atoms with van der Waals surface area (Å²) >= 11 is 14.4. The minimum Gasteiger partial charge on any atom is -0.507 e. The van der Waals surface area contributed by atoms with E-state index >= 15 is 8.78 Å². The van der Waals surface area contributed by atoms with Gasteiger partial charge in [-0.15, -0.1) is 22.7 Å². The number of nitriles is 1. The Balaban J connectivity index is 0.000000174. The Labute approximate surface area is 339 Å². The summed E-state index contributed by atoms with van der Waals surface area (Å²) in [6.07, 6.45) is 0.722. The number of benzene rings is 4. The van der Waals surface area contributed by atoms with Crippen molar-refractivity contribution in [3.8, 4) is 39.8 Å². The minimum atomic E-state index is -3.10. The Morgan fingerprint density at radius 1 is 0.684 bits per heavy atom. The maximum absolute atomic E-state index is 15.9. The molecule has 0 saturated carbocycles. The van der Waals surface area contributed by atoms with E-state index in [4.69, 9.17) is 28.5 Å². The number of carbonyl (C=O) groups excluding carboxylic acids is 4. The third-order valence-electron chi connectivity index (χ3n) is 9.42. The fourth-order valence-corrected chi connectivity index (χ4v) is 9.27. The van der Waals surface area contributed by atoms with E-state index in [1.165, 1.54) is 36.4 Å². The van der Waals surface area contributed by atoms with Crippen molar-refractivity contribution in [2.24, 2.45) is 0 Å². The average Bonchev–Trinajstić information content (AvgIpc) is 3.70. The van der Waals surface area contributed by atoms with Crippen LogP contribution in [0.5, 0.6) is 11.5 Å². The fourth-order valence-electron chi connectivity index (χ4n) is 6.55. The summed E-state index contributed by atoms with van der Waals surface area (Å²) in [6.45, 7) is 1.95. The number of aryl methyl sites for hydroxylation is 1. The van der Waals surface area contributed by atoms with Gasteiger partial charge in [0, 0.05) is 39.4 Å². The summed E-state index contributed by atoms with van der Waals surface area (Å²) in [7, 11) is 0. The van der Waals surface area contributed by atoms with Gasteiger partial charge in [0.1, 0.15) is 36.0 Å². The number of Topliss-reactive ketones (excluding diaryl/α,β-unsaturated/α-hetero) is 2. The van der Waals surface area contributed by atoms with Gasteiger partial charge in [0.25, 0.3) is 23.2 Å². The fraction of sp³-hybridized carbons (Fsp3) is 0.0976. The van der Waals surface area contributed by atoms with Gasteiger partial charge in [-0.2, -0.15) is 5.26 Å². The van der Waals surface area contributed by atoms with Gasteiger partial charge in [-0.05, 0) is 42.3 Å². The molecule has 16 heteroatoms. The Kier molecular flexibility index (Phi) is 10.2. The molecule has 2 atom stereocenters. The summed E-state index contributed by atoms with van der Waals surface area (Å²) in [5.74, 6) is -5.70. The Bertz CT molecular complexity index is 2730. The maximum Gasteiger partial charge on any atom is 0.276 e. The van der Waals surface area contributed by atoms with Crippen LogP contribution in [0, 0.1) is 17.1 Å². The number of nitrogens with one attached hydrogen (secondary N) is 2. The first-order valence-electron chi connectivity index (χ1n) is 16.8. The lowest BCUT2D eigenvalue weighted by atomic mass is 9.82. The van der Waals surface area contributed by atoms with Crippen LogP contribution >= 0.6 is 45.9 Å². The molecule has 0 bridgehead atoms. The van der Waals surface area contributed by atoms with Crippen molar-refractivity contribution < 1.29 is 42.6 Å². The van der Waals surface area contributed by atoms with Gasteiger partial charge in [-0.1, -0.05) is 84.7 Å². The Hall–Kier alpha value is -5.98. The number of hydrogen-bond acceptors (Lipinski definition) is 9. The molecule has 0 aliphatic carbocycles. The molecule has 6 aromatic rings. The van der Waals surface area contributed by atoms with E-state index in [9.17, 15) is 33.8 Å². The van der Waals surface area contributed by atoms with Crippen molar-refractivity contribution in [3.63, 3.8) is 0 Å². The van der Waals surface area contributed by atoms with Crippen molar-refractivity contribution in [3.05, 3.63) is 139 Å². The van der Waals surface area contributed by atoms with Gasteiger partial charge in [0.2, 0.25) is 11.6 Å². The van der Waals surface area contributed by atoms with Crippen LogP contribution in [-0.2, 0) is 27.3 Å². The molecule has 286 valence electrons. The van der Waals surface area contributed by atoms with Crippen LogP contribution in [0.1, 0.15) is 49.9 Å². The van der Waals surface area contributed by atoms with Crippen molar-refractivity contribution in [2.75, 3.05) is 10.6 Å². The number of aromatic hydroxyl groups is 2. The summed E-state index contributed by atoms with van der Waals surface area (Å²) < 4.78 is 45.3. The normalized spacial score (nSPS) is 18.4. The molecule has 2 aliphatic rings. The number of alkyl halides is 2. The number of rotatable bonds is 5. The highest BCUT2D eigenvalue weighted by Crippen LogP contribution is 2.53. The van der Waals surface area contributed by atoms with Crippen molar-refractivity contribution in [1.29, 1.82) is 5.26 Å². The molecule has 0 fully saturated rings. The maximum atomic E-state index is 15.9. The number of nitrogens with zero attached hydrogens (tertiary/aromatic N) is 1. The molecule has 8 rings (SSSR count). The molecule has 4 heterocycles. The first-order valence-corrected chi connectivity index (χ1v) is 19.2. The number of carbonyl (C=O) groups is 4. The molecule has 0 saturated heterocycles. The second-order valence-corrected chi connectivity index (χ2v) is 16.0. The molecule has 9 nitrogen and oxygen atoms in total. The first-order chi connectivity index (χ1) is 27.1. The predicted molar refractivity (Wildman–Crippen MR) is 211 cm³/mol. The SMILES string of the molecule is CCc1ccc(-c2c(Cl)sc3c2C(=O)C(F)(c2ccccc2)C(=O)N3)c(O)c1.N#Cc1cccc(C2(F)C(=O)Nc3sc(Cl)c(-c4ccc(F)cc4O)c3C2=O)c1. The van der Waals surface area contributed by atoms with E-state index in [0.29, 0.717) is 5.56 Å². The van der Waals surface area contributed by atoms with Crippen molar-refractivity contribution in [2.45, 2.75) is 24.7 Å². The van der Waals surface area contributed by atoms with Gasteiger partial charge in [0.05, 0.1) is 22.8 Å². The molecule has 2 aliphatic heterocycles. The van der Waals surface area contributed by atoms with Crippen LogP contribution in [0.4, 0.5) is 23.2 Å². The molecule has 2 aromatic heterocycles. The van der Waals surface area contributed by atoms with E-state index in [1.807, 2.05) is 13.0 Å². The first kappa shape index (κ1) is 39.3. The summed E-state index contributed by atoms with van der Waals surface area (Å²) in [4.78, 5) is 51.5. The average molecular weight is 847 g/mol. The topological polar surface area (TPSA) is 157 Å². The number of halogens is 5. The van der Waals surface area contributed by atoms with E-state index in [0.717, 1.165) is 52.9 Å². The smallest absolute Gasteiger partial charge is 0.276 e. The second kappa shape index (κ2) is 14.8. The largest absolute Gasteiger partial charge is 0.507 e. The highest BCUT2D eigenvalue weighted by molar-refractivity contribution is 7.21. The predicted octanol–water partition coefficient (Wildman–Crippen LogP) is 10.1. The summed E-state index contributed by atoms with van der Waals surface area (Å²) in [5, 5.41) is 34.6. The number of amides is 2. The molecule has 2 unspecified atom stereocenters. The van der Waals surface area contributed by atoms with Crippen LogP contribution in [0.25, 0.3) is 22.3 Å². The highest BCUT2D eigenvalue weighted by Gasteiger charge is 2.55. The van der Waals surface area contributed by atoms with Crippen LogP contribution in [-0.4, -0.2) is 33.6 Å². The summed E-state index contributed by atoms with van der Waals surface area (Å²) in [6, 6.07) is 22.7. The van der Waals surface area contributed by atoms with Crippen molar-refractivity contribution >= 4 is 79.3 Å². The van der Waals surface area contributed by atoms with Crippen LogP contribution in [0.3, 0.4) is 0 Å². The van der Waals surface area contributed by atoms with E-state index in [-0.39, 0.29) is 68.9 Å². The number of anilines is 2. The summed E-state index contributed by atoms with van der Waals surface area (Å²) in [5.41, 5.74) is -5.05. The number of phenols is 2. The number of thiophene rings is 2. The molecule has 0 radical (unpaired) electrons. The zero-order valence-electron chi connectivity index (χ0n) is 29.0. The second-order valence-electron chi connectivity index (χ2n) is 12.7. The molecule has 4 N–H and O–H groups in total. The monoisotopic (exact) mass is 845 g/mol. The zero-order chi connectivity index (χ0) is 41.0. The zero-order valence-corrected chi connectivity index (χ0v) is 32.2. The number of hydrogen-bond donors (Lipinski definition) is 4. The standard InChI is InChI=1S/C21H15ClFNO3S.C20H9ClF2N2O3S/c1-2-11-8-9-13(14(25)10-11)15-16-17(26)21(23,12-6-4-3-5-7-12)20(27)24-19(16)28-18(15)22;21-17-14(12-5-4-11(22)7-13(12)26)15-16(27)20(23,19(28)25-18(15)29-17)10-3-1-2-9(6-10)8-24/h3-10,25H,2H2,1H3,(H,24,27);1-7,26H,(H,25,28). The molecule has 57 heavy (non-hydrogen) atoms. The molecule has 4 aromatic carbocycles. The molecular weight excluding hydrogens is 822 g/mol. The van der Waals surface area contributed by atoms with Crippen LogP contribution in [0.2, 0.25) is 8.67 Å². The van der Waals surface area contributed by atoms with Gasteiger partial charge >= 0.3 is 0 Å². The van der Waals surface area contributed by atoms with Gasteiger partial charge in [-0.3, -0.25) is 19.2 Å². The van der Waals surface area contributed by atoms with Crippen LogP contribution < -0.4 is 10.6 Å². The third-order valence-corrected chi connectivity index (χ3v) is 12.0. The molecule has 2 amide bonds. The Morgan fingerprint density at radius 3 is 1.70 bits per heavy atom. The lowest BCUT2D eigenvalue weighted by Gasteiger charge is -2.28. The van der Waals surface area contributed by atoms with Gasteiger partial charge in [-0.25, -0.2) is 13.2 Å². The lowest BCUT2D eigenvalue weighted by Crippen LogP contribution is -2.47. The molecular formula is C41H24Cl2F3N3O6S2. The highest BCUT2D eigenvalue weighted by atomic mass is 35.5. The van der Waals surface area contributed by atoms with E-state index < -0.39 is 46.3 Å². The number of ketones is 2. The minimum absolute atomic E-state index is 0.00682. The number of phenolic OH excluding ortho intramolecular Hbond substituents is 2. The van der Waals surface area contributed by atoms with Crippen molar-refractivity contribution in [1.82, 2.24) is 0 Å². The van der Waals surface area contributed by atoms with E-state index in [1.54, 1.807) is 36.4 Å². The third kappa shape index (κ3) is 6.42. The van der Waals surface area contributed by atoms with E-state index in [2.05, 4.69) is 10.6 Å².